The van der Waals surface area contributed by atoms with Gasteiger partial charge in [0.15, 0.2) is 0 Å². The summed E-state index contributed by atoms with van der Waals surface area (Å²) in [5.41, 5.74) is 1.26. The molecule has 2 aromatic heterocycles. The van der Waals surface area contributed by atoms with E-state index in [2.05, 4.69) is 15.0 Å². The van der Waals surface area contributed by atoms with Crippen molar-refractivity contribution in [3.63, 3.8) is 0 Å². The van der Waals surface area contributed by atoms with Crippen LogP contribution in [0.1, 0.15) is 23.7 Å². The molecule has 3 aromatic rings. The SMILES string of the molecule is Cc1cc(S(=O)(=O)N2CCC(c3nc(-c4ccncc4)cc(=O)[nH]3)C2)ccc1F. The molecule has 0 amide bonds. The normalized spacial score (nSPS) is 17.5. The molecule has 9 heteroatoms. The lowest BCUT2D eigenvalue weighted by Gasteiger charge is -2.17. The van der Waals surface area contributed by atoms with Crippen molar-refractivity contribution in [3.05, 3.63) is 76.4 Å². The number of pyridine rings is 1. The zero-order valence-corrected chi connectivity index (χ0v) is 16.5. The number of halogens is 1. The highest BCUT2D eigenvalue weighted by atomic mass is 32.2. The Morgan fingerprint density at radius 3 is 2.66 bits per heavy atom. The van der Waals surface area contributed by atoms with Crippen molar-refractivity contribution in [2.24, 2.45) is 0 Å². The maximum atomic E-state index is 13.5. The number of nitrogens with one attached hydrogen (secondary N) is 1. The highest BCUT2D eigenvalue weighted by molar-refractivity contribution is 7.89. The van der Waals surface area contributed by atoms with Gasteiger partial charge in [0.25, 0.3) is 5.56 Å². The molecule has 4 rings (SSSR count). The van der Waals surface area contributed by atoms with Gasteiger partial charge in [-0.3, -0.25) is 9.78 Å². The monoisotopic (exact) mass is 414 g/mol. The fourth-order valence-corrected chi connectivity index (χ4v) is 5.02. The topological polar surface area (TPSA) is 96.0 Å². The number of nitrogens with zero attached hydrogens (tertiary/aromatic N) is 3. The minimum atomic E-state index is -3.75. The fourth-order valence-electron chi connectivity index (χ4n) is 3.44. The van der Waals surface area contributed by atoms with Crippen molar-refractivity contribution in [2.45, 2.75) is 24.2 Å². The summed E-state index contributed by atoms with van der Waals surface area (Å²) in [6.45, 7) is 2.02. The predicted molar refractivity (Wildman–Crippen MR) is 105 cm³/mol. The summed E-state index contributed by atoms with van der Waals surface area (Å²) in [4.78, 5) is 23.4. The van der Waals surface area contributed by atoms with E-state index in [-0.39, 0.29) is 28.5 Å². The molecule has 1 fully saturated rings. The molecule has 0 saturated carbocycles. The van der Waals surface area contributed by atoms with Crippen LogP contribution in [0, 0.1) is 12.7 Å². The summed E-state index contributed by atoms with van der Waals surface area (Å²) >= 11 is 0. The Hall–Kier alpha value is -2.91. The van der Waals surface area contributed by atoms with Gasteiger partial charge >= 0.3 is 0 Å². The molecule has 0 radical (unpaired) electrons. The Balaban J connectivity index is 1.61. The van der Waals surface area contributed by atoms with Gasteiger partial charge in [-0.15, -0.1) is 0 Å². The van der Waals surface area contributed by atoms with E-state index >= 15 is 0 Å². The van der Waals surface area contributed by atoms with Gasteiger partial charge in [-0.1, -0.05) is 0 Å². The zero-order valence-electron chi connectivity index (χ0n) is 15.7. The van der Waals surface area contributed by atoms with Crippen molar-refractivity contribution in [1.29, 1.82) is 0 Å². The first kappa shape index (κ1) is 19.4. The van der Waals surface area contributed by atoms with Crippen molar-refractivity contribution in [3.8, 4) is 11.3 Å². The number of sulfonamides is 1. The van der Waals surface area contributed by atoms with Crippen LogP contribution in [0.4, 0.5) is 4.39 Å². The Bertz CT molecular complexity index is 1210. The minimum absolute atomic E-state index is 0.0593. The molecule has 1 unspecified atom stereocenters. The van der Waals surface area contributed by atoms with Crippen LogP contribution < -0.4 is 5.56 Å². The Kier molecular flexibility index (Phi) is 5.01. The quantitative estimate of drug-likeness (QED) is 0.708. The van der Waals surface area contributed by atoms with Crippen molar-refractivity contribution in [2.75, 3.05) is 13.1 Å². The number of aromatic amines is 1. The van der Waals surface area contributed by atoms with Crippen molar-refractivity contribution < 1.29 is 12.8 Å². The average molecular weight is 414 g/mol. The predicted octanol–water partition coefficient (Wildman–Crippen LogP) is 2.46. The lowest BCUT2D eigenvalue weighted by Crippen LogP contribution is -2.29. The number of aryl methyl sites for hydroxylation is 1. The number of aromatic nitrogens is 3. The van der Waals surface area contributed by atoms with Crippen LogP contribution >= 0.6 is 0 Å². The third-order valence-corrected chi connectivity index (χ3v) is 6.90. The first-order valence-electron chi connectivity index (χ1n) is 9.12. The first-order chi connectivity index (χ1) is 13.8. The van der Waals surface area contributed by atoms with E-state index in [1.165, 1.54) is 29.4 Å². The molecule has 29 heavy (non-hydrogen) atoms. The van der Waals surface area contributed by atoms with Crippen LogP contribution in [0.15, 0.2) is 58.5 Å². The van der Waals surface area contributed by atoms with Crippen LogP contribution in [0.25, 0.3) is 11.3 Å². The van der Waals surface area contributed by atoms with Crippen molar-refractivity contribution >= 4 is 10.0 Å². The van der Waals surface area contributed by atoms with E-state index < -0.39 is 15.8 Å². The van der Waals surface area contributed by atoms with E-state index in [4.69, 9.17) is 0 Å². The van der Waals surface area contributed by atoms with Crippen LogP contribution in [-0.2, 0) is 10.0 Å². The van der Waals surface area contributed by atoms with Gasteiger partial charge in [0.2, 0.25) is 10.0 Å². The molecular weight excluding hydrogens is 395 g/mol. The smallest absolute Gasteiger partial charge is 0.251 e. The second-order valence-corrected chi connectivity index (χ2v) is 8.95. The lowest BCUT2D eigenvalue weighted by molar-refractivity contribution is 0.470. The van der Waals surface area contributed by atoms with Gasteiger partial charge < -0.3 is 4.98 Å². The molecule has 1 aliphatic rings. The first-order valence-corrected chi connectivity index (χ1v) is 10.6. The van der Waals surface area contributed by atoms with E-state index in [9.17, 15) is 17.6 Å². The molecule has 1 aromatic carbocycles. The molecule has 3 heterocycles. The molecule has 0 aliphatic carbocycles. The second-order valence-electron chi connectivity index (χ2n) is 7.01. The zero-order chi connectivity index (χ0) is 20.6. The number of H-pyrrole nitrogens is 1. The second kappa shape index (κ2) is 7.49. The molecule has 1 atom stereocenters. The lowest BCUT2D eigenvalue weighted by atomic mass is 10.1. The number of rotatable bonds is 4. The Morgan fingerprint density at radius 1 is 1.17 bits per heavy atom. The maximum Gasteiger partial charge on any atom is 0.251 e. The number of hydrogen-bond donors (Lipinski definition) is 1. The third kappa shape index (κ3) is 3.83. The van der Waals surface area contributed by atoms with Crippen LogP contribution in [0.3, 0.4) is 0 Å². The van der Waals surface area contributed by atoms with Gasteiger partial charge in [-0.25, -0.2) is 17.8 Å². The van der Waals surface area contributed by atoms with E-state index in [0.717, 1.165) is 11.6 Å². The minimum Gasteiger partial charge on any atom is -0.310 e. The summed E-state index contributed by atoms with van der Waals surface area (Å²) in [5, 5.41) is 0. The van der Waals surface area contributed by atoms with E-state index in [1.807, 2.05) is 0 Å². The molecule has 150 valence electrons. The fraction of sp³-hybridized carbons (Fsp3) is 0.250. The number of hydrogen-bond acceptors (Lipinski definition) is 5. The van der Waals surface area contributed by atoms with E-state index in [0.29, 0.717) is 24.5 Å². The van der Waals surface area contributed by atoms with Crippen LogP contribution in [-0.4, -0.2) is 40.8 Å². The molecule has 1 aliphatic heterocycles. The molecular formula is C20H19FN4O3S. The summed E-state index contributed by atoms with van der Waals surface area (Å²) in [6, 6.07) is 8.69. The standard InChI is InChI=1S/C20H19FN4O3S/c1-13-10-16(2-3-17(13)21)29(27,28)25-9-6-15(12-25)20-23-18(11-19(26)24-20)14-4-7-22-8-5-14/h2-5,7-8,10-11,15H,6,9,12H2,1H3,(H,23,24,26). The summed E-state index contributed by atoms with van der Waals surface area (Å²) in [6.07, 6.45) is 3.76. The molecule has 7 nitrogen and oxygen atoms in total. The molecule has 0 bridgehead atoms. The third-order valence-electron chi connectivity index (χ3n) is 5.04. The number of benzene rings is 1. The maximum absolute atomic E-state index is 13.5. The largest absolute Gasteiger partial charge is 0.310 e. The van der Waals surface area contributed by atoms with Gasteiger partial charge in [-0.05, 0) is 49.2 Å². The highest BCUT2D eigenvalue weighted by Crippen LogP contribution is 2.30. The molecule has 1 N–H and O–H groups in total. The van der Waals surface area contributed by atoms with Gasteiger partial charge in [0.1, 0.15) is 11.6 Å². The highest BCUT2D eigenvalue weighted by Gasteiger charge is 2.34. The molecule has 1 saturated heterocycles. The van der Waals surface area contributed by atoms with E-state index in [1.54, 1.807) is 24.5 Å². The summed E-state index contributed by atoms with van der Waals surface area (Å²) in [5.74, 6) is -0.226. The summed E-state index contributed by atoms with van der Waals surface area (Å²) < 4.78 is 40.7. The summed E-state index contributed by atoms with van der Waals surface area (Å²) in [7, 11) is -3.75. The van der Waals surface area contributed by atoms with Crippen molar-refractivity contribution in [1.82, 2.24) is 19.3 Å². The average Bonchev–Trinajstić information content (AvgIpc) is 3.21. The Morgan fingerprint density at radius 2 is 1.93 bits per heavy atom. The van der Waals surface area contributed by atoms with Crippen LogP contribution in [0.5, 0.6) is 0 Å². The van der Waals surface area contributed by atoms with Crippen LogP contribution in [0.2, 0.25) is 0 Å². The Labute approximate surface area is 167 Å². The van der Waals surface area contributed by atoms with Gasteiger partial charge in [0.05, 0.1) is 10.6 Å². The van der Waals surface area contributed by atoms with Gasteiger partial charge in [-0.2, -0.15) is 4.31 Å². The molecule has 0 spiro atoms. The van der Waals surface area contributed by atoms with Gasteiger partial charge in [0, 0.05) is 43.0 Å².